The smallest absolute Gasteiger partial charge is 0.221 e. The van der Waals surface area contributed by atoms with E-state index in [0.717, 1.165) is 23.3 Å². The Labute approximate surface area is 107 Å². The van der Waals surface area contributed by atoms with E-state index in [1.807, 2.05) is 18.2 Å². The number of primary amides is 1. The van der Waals surface area contributed by atoms with Gasteiger partial charge in [0, 0.05) is 5.92 Å². The standard InChI is InChI=1S/C14H20N2O2/c1-14(2)7-10(8-15)11-4-3-9(6-13(16)17)5-12(11)18-14/h3-5,10H,6-8,15H2,1-2H3,(H2,16,17). The second-order valence-corrected chi connectivity index (χ2v) is 5.51. The Morgan fingerprint density at radius 3 is 2.83 bits per heavy atom. The maximum Gasteiger partial charge on any atom is 0.221 e. The lowest BCUT2D eigenvalue weighted by Crippen LogP contribution is -2.37. The van der Waals surface area contributed by atoms with Crippen LogP contribution in [0, 0.1) is 0 Å². The van der Waals surface area contributed by atoms with Gasteiger partial charge in [-0.2, -0.15) is 0 Å². The Balaban J connectivity index is 2.36. The van der Waals surface area contributed by atoms with Gasteiger partial charge in [-0.05, 0) is 44.0 Å². The lowest BCUT2D eigenvalue weighted by Gasteiger charge is -2.37. The van der Waals surface area contributed by atoms with Gasteiger partial charge in [-0.25, -0.2) is 0 Å². The SMILES string of the molecule is CC1(C)CC(CN)c2ccc(CC(N)=O)cc2O1. The fourth-order valence-electron chi connectivity index (χ4n) is 2.57. The third-order valence-corrected chi connectivity index (χ3v) is 3.30. The Kier molecular flexibility index (Phi) is 3.30. The molecule has 0 aliphatic carbocycles. The number of carbonyl (C=O) groups excluding carboxylic acids is 1. The first-order chi connectivity index (χ1) is 8.41. The molecule has 1 aromatic carbocycles. The van der Waals surface area contributed by atoms with Crippen LogP contribution in [-0.2, 0) is 11.2 Å². The summed E-state index contributed by atoms with van der Waals surface area (Å²) in [6.45, 7) is 4.72. The summed E-state index contributed by atoms with van der Waals surface area (Å²) in [6.07, 6.45) is 1.15. The van der Waals surface area contributed by atoms with Gasteiger partial charge < -0.3 is 16.2 Å². The number of rotatable bonds is 3. The molecule has 4 heteroatoms. The predicted octanol–water partition coefficient (Wildman–Crippen LogP) is 1.32. The molecule has 0 saturated carbocycles. The van der Waals surface area contributed by atoms with E-state index in [0.29, 0.717) is 12.5 Å². The molecule has 1 unspecified atom stereocenters. The predicted molar refractivity (Wildman–Crippen MR) is 70.5 cm³/mol. The number of ether oxygens (including phenoxy) is 1. The van der Waals surface area contributed by atoms with Gasteiger partial charge in [-0.1, -0.05) is 12.1 Å². The Morgan fingerprint density at radius 2 is 2.22 bits per heavy atom. The van der Waals surface area contributed by atoms with E-state index in [1.54, 1.807) is 0 Å². The number of benzene rings is 1. The molecule has 1 aliphatic rings. The summed E-state index contributed by atoms with van der Waals surface area (Å²) in [5.41, 5.74) is 12.8. The number of hydrogen-bond acceptors (Lipinski definition) is 3. The van der Waals surface area contributed by atoms with Crippen molar-refractivity contribution in [3.63, 3.8) is 0 Å². The van der Waals surface area contributed by atoms with Gasteiger partial charge in [0.25, 0.3) is 0 Å². The van der Waals surface area contributed by atoms with Crippen LogP contribution in [0.3, 0.4) is 0 Å². The van der Waals surface area contributed by atoms with E-state index in [4.69, 9.17) is 16.2 Å². The molecule has 4 nitrogen and oxygen atoms in total. The zero-order valence-electron chi connectivity index (χ0n) is 10.9. The molecule has 1 aromatic rings. The van der Waals surface area contributed by atoms with Crippen LogP contribution in [0.4, 0.5) is 0 Å². The summed E-state index contributed by atoms with van der Waals surface area (Å²) in [7, 11) is 0. The normalized spacial score (nSPS) is 20.9. The average molecular weight is 248 g/mol. The van der Waals surface area contributed by atoms with Crippen LogP contribution in [0.2, 0.25) is 0 Å². The van der Waals surface area contributed by atoms with Gasteiger partial charge in [0.05, 0.1) is 6.42 Å². The zero-order chi connectivity index (χ0) is 13.3. The molecular weight excluding hydrogens is 228 g/mol. The molecule has 1 atom stereocenters. The van der Waals surface area contributed by atoms with Crippen LogP contribution in [-0.4, -0.2) is 18.1 Å². The van der Waals surface area contributed by atoms with Gasteiger partial charge >= 0.3 is 0 Å². The summed E-state index contributed by atoms with van der Waals surface area (Å²) in [5.74, 6) is 0.812. The zero-order valence-corrected chi connectivity index (χ0v) is 10.9. The van der Waals surface area contributed by atoms with Crippen molar-refractivity contribution in [1.82, 2.24) is 0 Å². The average Bonchev–Trinajstić information content (AvgIpc) is 2.25. The van der Waals surface area contributed by atoms with Crippen molar-refractivity contribution in [2.24, 2.45) is 11.5 Å². The Hall–Kier alpha value is -1.55. The van der Waals surface area contributed by atoms with Crippen LogP contribution in [0.25, 0.3) is 0 Å². The number of amides is 1. The first-order valence-electron chi connectivity index (χ1n) is 6.21. The fraction of sp³-hybridized carbons (Fsp3) is 0.500. The van der Waals surface area contributed by atoms with Crippen molar-refractivity contribution >= 4 is 5.91 Å². The number of nitrogens with two attached hydrogens (primary N) is 2. The minimum atomic E-state index is -0.333. The van der Waals surface area contributed by atoms with Crippen LogP contribution in [0.1, 0.15) is 37.3 Å². The Bertz CT molecular complexity index is 469. The van der Waals surface area contributed by atoms with E-state index >= 15 is 0 Å². The van der Waals surface area contributed by atoms with Crippen LogP contribution in [0.5, 0.6) is 5.75 Å². The highest BCUT2D eigenvalue weighted by atomic mass is 16.5. The third-order valence-electron chi connectivity index (χ3n) is 3.30. The molecule has 0 bridgehead atoms. The molecule has 0 fully saturated rings. The van der Waals surface area contributed by atoms with Gasteiger partial charge in [0.2, 0.25) is 5.91 Å². The molecule has 0 saturated heterocycles. The number of carbonyl (C=O) groups is 1. The quantitative estimate of drug-likeness (QED) is 0.846. The number of hydrogen-bond donors (Lipinski definition) is 2. The highest BCUT2D eigenvalue weighted by Crippen LogP contribution is 2.40. The minimum absolute atomic E-state index is 0.220. The van der Waals surface area contributed by atoms with Crippen LogP contribution >= 0.6 is 0 Å². The molecule has 0 aromatic heterocycles. The fourth-order valence-corrected chi connectivity index (χ4v) is 2.57. The molecule has 1 amide bonds. The molecule has 4 N–H and O–H groups in total. The monoisotopic (exact) mass is 248 g/mol. The summed E-state index contributed by atoms with van der Waals surface area (Å²) in [5, 5.41) is 0. The highest BCUT2D eigenvalue weighted by Gasteiger charge is 2.32. The van der Waals surface area contributed by atoms with Crippen molar-refractivity contribution in [3.05, 3.63) is 29.3 Å². The molecule has 98 valence electrons. The largest absolute Gasteiger partial charge is 0.488 e. The first kappa shape index (κ1) is 12.9. The first-order valence-corrected chi connectivity index (χ1v) is 6.21. The van der Waals surface area contributed by atoms with Gasteiger partial charge in [0.1, 0.15) is 11.4 Å². The summed E-state index contributed by atoms with van der Waals surface area (Å²) >= 11 is 0. The summed E-state index contributed by atoms with van der Waals surface area (Å²) in [6, 6.07) is 5.83. The molecule has 0 spiro atoms. The maximum atomic E-state index is 10.9. The van der Waals surface area contributed by atoms with Crippen molar-refractivity contribution in [2.75, 3.05) is 6.54 Å². The molecule has 1 aliphatic heterocycles. The van der Waals surface area contributed by atoms with Crippen molar-refractivity contribution in [2.45, 2.75) is 38.2 Å². The molecule has 18 heavy (non-hydrogen) atoms. The van der Waals surface area contributed by atoms with Gasteiger partial charge in [-0.15, -0.1) is 0 Å². The van der Waals surface area contributed by atoms with E-state index in [9.17, 15) is 4.79 Å². The lowest BCUT2D eigenvalue weighted by atomic mass is 9.84. The van der Waals surface area contributed by atoms with Crippen LogP contribution in [0.15, 0.2) is 18.2 Å². The summed E-state index contributed by atoms with van der Waals surface area (Å²) < 4.78 is 5.97. The topological polar surface area (TPSA) is 78.3 Å². The lowest BCUT2D eigenvalue weighted by molar-refractivity contribution is -0.117. The van der Waals surface area contributed by atoms with E-state index in [1.165, 1.54) is 0 Å². The highest BCUT2D eigenvalue weighted by molar-refractivity contribution is 5.76. The maximum absolute atomic E-state index is 10.9. The van der Waals surface area contributed by atoms with Crippen LogP contribution < -0.4 is 16.2 Å². The summed E-state index contributed by atoms with van der Waals surface area (Å²) in [4.78, 5) is 10.9. The second-order valence-electron chi connectivity index (χ2n) is 5.51. The number of fused-ring (bicyclic) bond motifs is 1. The van der Waals surface area contributed by atoms with E-state index in [2.05, 4.69) is 13.8 Å². The third kappa shape index (κ3) is 2.64. The Morgan fingerprint density at radius 1 is 1.50 bits per heavy atom. The van der Waals surface area contributed by atoms with Gasteiger partial charge in [-0.3, -0.25) is 4.79 Å². The molecule has 1 heterocycles. The van der Waals surface area contributed by atoms with E-state index in [-0.39, 0.29) is 17.9 Å². The minimum Gasteiger partial charge on any atom is -0.488 e. The molecular formula is C14H20N2O2. The van der Waals surface area contributed by atoms with Crippen molar-refractivity contribution < 1.29 is 9.53 Å². The van der Waals surface area contributed by atoms with Crippen molar-refractivity contribution in [3.8, 4) is 5.75 Å². The molecule has 2 rings (SSSR count). The molecule has 0 radical (unpaired) electrons. The van der Waals surface area contributed by atoms with Crippen molar-refractivity contribution in [1.29, 1.82) is 0 Å². The van der Waals surface area contributed by atoms with Gasteiger partial charge in [0.15, 0.2) is 0 Å². The van der Waals surface area contributed by atoms with E-state index < -0.39 is 0 Å². The second kappa shape index (κ2) is 4.61.